The fourth-order valence-electron chi connectivity index (χ4n) is 1.68. The second-order valence-electron chi connectivity index (χ2n) is 4.80. The van der Waals surface area contributed by atoms with Gasteiger partial charge in [0.15, 0.2) is 0 Å². The van der Waals surface area contributed by atoms with E-state index in [-0.39, 0.29) is 5.41 Å². The summed E-state index contributed by atoms with van der Waals surface area (Å²) in [4.78, 5) is 6.26. The van der Waals surface area contributed by atoms with Gasteiger partial charge in [-0.2, -0.15) is 0 Å². The molecule has 15 heavy (non-hydrogen) atoms. The zero-order valence-corrected chi connectivity index (χ0v) is 10.1. The first kappa shape index (κ1) is 11.8. The molecule has 1 heterocycles. The SMILES string of the molecule is C=N/C(=C1\C(=C)OCCN1C)C(C)(C)C. The Labute approximate surface area is 92.1 Å². The van der Waals surface area contributed by atoms with Crippen LogP contribution in [0.2, 0.25) is 0 Å². The Morgan fingerprint density at radius 1 is 1.47 bits per heavy atom. The summed E-state index contributed by atoms with van der Waals surface area (Å²) < 4.78 is 5.46. The molecule has 0 aromatic carbocycles. The summed E-state index contributed by atoms with van der Waals surface area (Å²) in [7, 11) is 2.03. The highest BCUT2D eigenvalue weighted by atomic mass is 16.5. The molecule has 0 spiro atoms. The van der Waals surface area contributed by atoms with E-state index >= 15 is 0 Å². The highest BCUT2D eigenvalue weighted by Crippen LogP contribution is 2.34. The van der Waals surface area contributed by atoms with Crippen LogP contribution in [0.25, 0.3) is 0 Å². The topological polar surface area (TPSA) is 24.8 Å². The molecule has 0 aromatic heterocycles. The molecule has 0 aliphatic carbocycles. The van der Waals surface area contributed by atoms with Gasteiger partial charge in [-0.3, -0.25) is 4.99 Å². The molecule has 3 nitrogen and oxygen atoms in total. The van der Waals surface area contributed by atoms with Crippen LogP contribution in [0, 0.1) is 5.41 Å². The van der Waals surface area contributed by atoms with Crippen LogP contribution in [-0.2, 0) is 4.74 Å². The van der Waals surface area contributed by atoms with Gasteiger partial charge in [-0.1, -0.05) is 27.4 Å². The molecular formula is C12H20N2O. The fourth-order valence-corrected chi connectivity index (χ4v) is 1.68. The van der Waals surface area contributed by atoms with Crippen LogP contribution < -0.4 is 0 Å². The van der Waals surface area contributed by atoms with Gasteiger partial charge in [0.1, 0.15) is 18.1 Å². The summed E-state index contributed by atoms with van der Waals surface area (Å²) >= 11 is 0. The molecule has 1 fully saturated rings. The van der Waals surface area contributed by atoms with E-state index in [1.165, 1.54) is 0 Å². The minimum absolute atomic E-state index is 0.0466. The molecule has 0 N–H and O–H groups in total. The van der Waals surface area contributed by atoms with Gasteiger partial charge in [-0.05, 0) is 6.72 Å². The molecule has 0 radical (unpaired) electrons. The van der Waals surface area contributed by atoms with Crippen LogP contribution in [0.5, 0.6) is 0 Å². The molecule has 0 aromatic rings. The quantitative estimate of drug-likeness (QED) is 0.618. The zero-order valence-electron chi connectivity index (χ0n) is 10.1. The van der Waals surface area contributed by atoms with Crippen LogP contribution in [0.4, 0.5) is 0 Å². The van der Waals surface area contributed by atoms with Crippen molar-refractivity contribution in [3.05, 3.63) is 23.7 Å². The molecule has 84 valence electrons. The lowest BCUT2D eigenvalue weighted by Crippen LogP contribution is -2.32. The highest BCUT2D eigenvalue weighted by Gasteiger charge is 2.27. The van der Waals surface area contributed by atoms with Crippen molar-refractivity contribution in [2.75, 3.05) is 20.2 Å². The Balaban J connectivity index is 3.22. The Kier molecular flexibility index (Phi) is 3.22. The van der Waals surface area contributed by atoms with Crippen LogP contribution in [0.3, 0.4) is 0 Å². The second kappa shape index (κ2) is 4.09. The molecule has 0 atom stereocenters. The van der Waals surface area contributed by atoms with Crippen molar-refractivity contribution in [2.24, 2.45) is 10.4 Å². The molecule has 3 heteroatoms. The third kappa shape index (κ3) is 2.41. The summed E-state index contributed by atoms with van der Waals surface area (Å²) in [6.07, 6.45) is 0. The van der Waals surface area contributed by atoms with Crippen molar-refractivity contribution in [1.82, 2.24) is 4.90 Å². The van der Waals surface area contributed by atoms with E-state index in [1.54, 1.807) is 0 Å². The predicted molar refractivity (Wildman–Crippen MR) is 63.8 cm³/mol. The molecule has 0 saturated carbocycles. The molecule has 1 aliphatic heterocycles. The van der Waals surface area contributed by atoms with Gasteiger partial charge in [-0.25, -0.2) is 0 Å². The van der Waals surface area contributed by atoms with E-state index in [9.17, 15) is 0 Å². The third-order valence-electron chi connectivity index (χ3n) is 2.44. The first-order valence-corrected chi connectivity index (χ1v) is 5.12. The van der Waals surface area contributed by atoms with Gasteiger partial charge in [0.2, 0.25) is 0 Å². The molecule has 1 rings (SSSR count). The van der Waals surface area contributed by atoms with Gasteiger partial charge in [0.05, 0.1) is 12.2 Å². The Hall–Kier alpha value is -1.25. The maximum atomic E-state index is 5.46. The number of hydrogen-bond donors (Lipinski definition) is 0. The maximum Gasteiger partial charge on any atom is 0.137 e. The first-order valence-electron chi connectivity index (χ1n) is 5.12. The van der Waals surface area contributed by atoms with Crippen molar-refractivity contribution < 1.29 is 4.74 Å². The number of morpholine rings is 1. The number of allylic oxidation sites excluding steroid dienone is 1. The van der Waals surface area contributed by atoms with E-state index in [4.69, 9.17) is 4.74 Å². The predicted octanol–water partition coefficient (Wildman–Crippen LogP) is 2.42. The van der Waals surface area contributed by atoms with Crippen LogP contribution in [-0.4, -0.2) is 31.8 Å². The number of ether oxygens (including phenoxy) is 1. The summed E-state index contributed by atoms with van der Waals surface area (Å²) in [5.74, 6) is 0.695. The lowest BCUT2D eigenvalue weighted by molar-refractivity contribution is 0.139. The molecule has 0 unspecified atom stereocenters. The normalized spacial score (nSPS) is 21.1. The van der Waals surface area contributed by atoms with Gasteiger partial charge >= 0.3 is 0 Å². The first-order chi connectivity index (χ1) is 6.88. The number of nitrogens with zero attached hydrogens (tertiary/aromatic N) is 2. The van der Waals surface area contributed by atoms with Crippen molar-refractivity contribution in [2.45, 2.75) is 20.8 Å². The van der Waals surface area contributed by atoms with Gasteiger partial charge in [-0.15, -0.1) is 0 Å². The standard InChI is InChI=1S/C12H20N2O/c1-9-10(14(6)7-8-15-9)11(13-5)12(2,3)4/h1,5,7-8H2,2-4,6H3/b11-10+. The maximum absolute atomic E-state index is 5.46. The van der Waals surface area contributed by atoms with Gasteiger partial charge in [0.25, 0.3) is 0 Å². The largest absolute Gasteiger partial charge is 0.490 e. The molecule has 1 saturated heterocycles. The Morgan fingerprint density at radius 2 is 2.07 bits per heavy atom. The van der Waals surface area contributed by atoms with E-state index in [1.807, 2.05) is 7.05 Å². The molecular weight excluding hydrogens is 188 g/mol. The summed E-state index contributed by atoms with van der Waals surface area (Å²) in [5, 5.41) is 0. The van der Waals surface area contributed by atoms with Gasteiger partial charge < -0.3 is 9.64 Å². The third-order valence-corrected chi connectivity index (χ3v) is 2.44. The van der Waals surface area contributed by atoms with E-state index in [0.29, 0.717) is 12.4 Å². The number of aliphatic imine (C=N–C) groups is 1. The van der Waals surface area contributed by atoms with Crippen molar-refractivity contribution in [1.29, 1.82) is 0 Å². The second-order valence-corrected chi connectivity index (χ2v) is 4.80. The number of likely N-dealkylation sites (N-methyl/N-ethyl adjacent to an activating group) is 1. The van der Waals surface area contributed by atoms with Gasteiger partial charge in [0, 0.05) is 12.5 Å². The van der Waals surface area contributed by atoms with Crippen LogP contribution in [0.1, 0.15) is 20.8 Å². The molecule has 0 bridgehead atoms. The Bertz CT molecular complexity index is 310. The number of hydrogen-bond acceptors (Lipinski definition) is 3. The van der Waals surface area contributed by atoms with Crippen molar-refractivity contribution in [3.8, 4) is 0 Å². The average molecular weight is 208 g/mol. The lowest BCUT2D eigenvalue weighted by Gasteiger charge is -2.34. The summed E-state index contributed by atoms with van der Waals surface area (Å²) in [6, 6.07) is 0. The summed E-state index contributed by atoms with van der Waals surface area (Å²) in [6.45, 7) is 15.4. The van der Waals surface area contributed by atoms with E-state index in [2.05, 4.69) is 44.0 Å². The minimum atomic E-state index is -0.0466. The van der Waals surface area contributed by atoms with E-state index < -0.39 is 0 Å². The van der Waals surface area contributed by atoms with Crippen molar-refractivity contribution in [3.63, 3.8) is 0 Å². The fraction of sp³-hybridized carbons (Fsp3) is 0.583. The highest BCUT2D eigenvalue weighted by molar-refractivity contribution is 5.38. The van der Waals surface area contributed by atoms with Crippen molar-refractivity contribution >= 4 is 6.72 Å². The lowest BCUT2D eigenvalue weighted by atomic mass is 9.90. The Morgan fingerprint density at radius 3 is 2.47 bits per heavy atom. The van der Waals surface area contributed by atoms with E-state index in [0.717, 1.165) is 17.9 Å². The zero-order chi connectivity index (χ0) is 11.6. The molecule has 0 amide bonds. The monoisotopic (exact) mass is 208 g/mol. The minimum Gasteiger partial charge on any atom is -0.490 e. The number of rotatable bonds is 1. The summed E-state index contributed by atoms with van der Waals surface area (Å²) in [5.41, 5.74) is 1.87. The smallest absolute Gasteiger partial charge is 0.137 e. The average Bonchev–Trinajstić information content (AvgIpc) is 2.09. The van der Waals surface area contributed by atoms with Crippen LogP contribution >= 0.6 is 0 Å². The molecule has 1 aliphatic rings. The van der Waals surface area contributed by atoms with Crippen LogP contribution in [0.15, 0.2) is 28.7 Å².